The molecular formula is C17H19N3O6. The van der Waals surface area contributed by atoms with Crippen LogP contribution in [0.2, 0.25) is 0 Å². The fraction of sp³-hybridized carbons (Fsp3) is 0.412. The molecule has 2 fully saturated rings. The zero-order valence-electron chi connectivity index (χ0n) is 14.3. The number of carbonyl (C=O) groups excluding carboxylic acids is 3. The standard InChI is InChI=1S/C17H19N3O6/c1-9-7-20(8-12(26-9)14(22)23)13(21)10-4-3-5-11(6-10)17(2)15(24)18-16(25)19-17/h3-6,9,12H,7-8H2,1-2H3,(H,22,23)(H2,18,19,24,25)/t9-,12+,17?/m1/s1. The largest absolute Gasteiger partial charge is 0.479 e. The summed E-state index contributed by atoms with van der Waals surface area (Å²) in [5.74, 6) is -1.99. The van der Waals surface area contributed by atoms with Crippen LogP contribution in [0.1, 0.15) is 29.8 Å². The summed E-state index contributed by atoms with van der Waals surface area (Å²) in [7, 11) is 0. The van der Waals surface area contributed by atoms with Gasteiger partial charge in [0.1, 0.15) is 5.54 Å². The van der Waals surface area contributed by atoms with Crippen LogP contribution in [0.3, 0.4) is 0 Å². The van der Waals surface area contributed by atoms with Gasteiger partial charge in [0.15, 0.2) is 6.10 Å². The maximum Gasteiger partial charge on any atom is 0.334 e. The van der Waals surface area contributed by atoms with Crippen molar-refractivity contribution in [1.29, 1.82) is 0 Å². The quantitative estimate of drug-likeness (QED) is 0.654. The number of benzene rings is 1. The number of carbonyl (C=O) groups is 4. The molecule has 26 heavy (non-hydrogen) atoms. The molecule has 138 valence electrons. The maximum absolute atomic E-state index is 12.8. The highest BCUT2D eigenvalue weighted by molar-refractivity contribution is 6.07. The number of ether oxygens (including phenoxy) is 1. The lowest BCUT2D eigenvalue weighted by molar-refractivity contribution is -0.160. The van der Waals surface area contributed by atoms with Crippen LogP contribution in [0.15, 0.2) is 24.3 Å². The van der Waals surface area contributed by atoms with E-state index in [0.717, 1.165) is 0 Å². The minimum absolute atomic E-state index is 0.0583. The second kappa shape index (κ2) is 6.41. The SMILES string of the molecule is C[C@@H]1CN(C(=O)c2cccc(C3(C)NC(=O)NC3=O)c2)C[C@@H](C(=O)O)O1. The van der Waals surface area contributed by atoms with Gasteiger partial charge in [-0.2, -0.15) is 0 Å². The Morgan fingerprint density at radius 2 is 2.04 bits per heavy atom. The normalized spacial score (nSPS) is 28.5. The molecule has 0 radical (unpaired) electrons. The zero-order valence-corrected chi connectivity index (χ0v) is 14.3. The zero-order chi connectivity index (χ0) is 19.1. The number of rotatable bonds is 3. The van der Waals surface area contributed by atoms with Crippen LogP contribution in [0.25, 0.3) is 0 Å². The van der Waals surface area contributed by atoms with Crippen molar-refractivity contribution >= 4 is 23.8 Å². The van der Waals surface area contributed by atoms with Gasteiger partial charge < -0.3 is 20.1 Å². The van der Waals surface area contributed by atoms with Gasteiger partial charge >= 0.3 is 12.0 Å². The Kier molecular flexibility index (Phi) is 4.41. The molecule has 3 rings (SSSR count). The van der Waals surface area contributed by atoms with Gasteiger partial charge in [0.25, 0.3) is 11.8 Å². The van der Waals surface area contributed by atoms with Gasteiger partial charge in [-0.1, -0.05) is 12.1 Å². The molecule has 1 aromatic rings. The second-order valence-electron chi connectivity index (χ2n) is 6.60. The van der Waals surface area contributed by atoms with Gasteiger partial charge in [-0.05, 0) is 31.5 Å². The summed E-state index contributed by atoms with van der Waals surface area (Å²) in [6.45, 7) is 3.46. The molecule has 1 aromatic carbocycles. The summed E-state index contributed by atoms with van der Waals surface area (Å²) in [5, 5.41) is 13.9. The molecule has 0 bridgehead atoms. The number of hydrogen-bond donors (Lipinski definition) is 3. The van der Waals surface area contributed by atoms with Gasteiger partial charge in [-0.25, -0.2) is 9.59 Å². The Hall–Kier alpha value is -2.94. The first-order valence-electron chi connectivity index (χ1n) is 8.12. The molecule has 0 aromatic heterocycles. The van der Waals surface area contributed by atoms with Crippen LogP contribution in [0, 0.1) is 0 Å². The highest BCUT2D eigenvalue weighted by Gasteiger charge is 2.43. The van der Waals surface area contributed by atoms with E-state index >= 15 is 0 Å². The molecule has 9 heteroatoms. The number of amides is 4. The van der Waals surface area contributed by atoms with Crippen LogP contribution in [-0.2, 0) is 19.9 Å². The van der Waals surface area contributed by atoms with Crippen molar-refractivity contribution in [3.63, 3.8) is 0 Å². The molecule has 2 heterocycles. The Bertz CT molecular complexity index is 794. The van der Waals surface area contributed by atoms with Crippen molar-refractivity contribution in [2.75, 3.05) is 13.1 Å². The van der Waals surface area contributed by atoms with Gasteiger partial charge in [0, 0.05) is 12.1 Å². The Balaban J connectivity index is 1.86. The Morgan fingerprint density at radius 3 is 2.65 bits per heavy atom. The minimum atomic E-state index is -1.27. The van der Waals surface area contributed by atoms with E-state index in [4.69, 9.17) is 9.84 Å². The first-order chi connectivity index (χ1) is 12.2. The molecular weight excluding hydrogens is 342 g/mol. The molecule has 0 spiro atoms. The number of aliphatic carboxylic acids is 1. The summed E-state index contributed by atoms with van der Waals surface area (Å²) < 4.78 is 5.32. The highest BCUT2D eigenvalue weighted by Crippen LogP contribution is 2.26. The molecule has 3 atom stereocenters. The van der Waals surface area contributed by atoms with Crippen LogP contribution in [-0.4, -0.2) is 59.1 Å². The first kappa shape index (κ1) is 17.9. The van der Waals surface area contributed by atoms with Crippen molar-refractivity contribution in [1.82, 2.24) is 15.5 Å². The van der Waals surface area contributed by atoms with E-state index in [0.29, 0.717) is 11.1 Å². The van der Waals surface area contributed by atoms with Gasteiger partial charge in [-0.3, -0.25) is 14.9 Å². The average molecular weight is 361 g/mol. The molecule has 2 aliphatic rings. The lowest BCUT2D eigenvalue weighted by Gasteiger charge is -2.35. The number of nitrogens with zero attached hydrogens (tertiary/aromatic N) is 1. The van der Waals surface area contributed by atoms with E-state index in [1.807, 2.05) is 0 Å². The average Bonchev–Trinajstić information content (AvgIpc) is 2.87. The molecule has 2 saturated heterocycles. The van der Waals surface area contributed by atoms with Crippen LogP contribution < -0.4 is 10.6 Å². The molecule has 9 nitrogen and oxygen atoms in total. The predicted octanol–water partition coefficient (Wildman–Crippen LogP) is 0.0553. The first-order valence-corrected chi connectivity index (χ1v) is 8.12. The minimum Gasteiger partial charge on any atom is -0.479 e. The van der Waals surface area contributed by atoms with Crippen LogP contribution in [0.4, 0.5) is 4.79 Å². The third-order valence-electron chi connectivity index (χ3n) is 4.55. The molecule has 1 unspecified atom stereocenters. The van der Waals surface area contributed by atoms with E-state index in [-0.39, 0.29) is 19.0 Å². The van der Waals surface area contributed by atoms with E-state index in [2.05, 4.69) is 10.6 Å². The maximum atomic E-state index is 12.8. The monoisotopic (exact) mass is 361 g/mol. The lowest BCUT2D eigenvalue weighted by Crippen LogP contribution is -2.51. The van der Waals surface area contributed by atoms with E-state index in [1.54, 1.807) is 32.0 Å². The molecule has 4 amide bonds. The third kappa shape index (κ3) is 3.13. The smallest absolute Gasteiger partial charge is 0.334 e. The second-order valence-corrected chi connectivity index (χ2v) is 6.60. The molecule has 3 N–H and O–H groups in total. The molecule has 0 saturated carbocycles. The predicted molar refractivity (Wildman–Crippen MR) is 88.3 cm³/mol. The number of imide groups is 1. The van der Waals surface area contributed by atoms with Crippen molar-refractivity contribution in [3.8, 4) is 0 Å². The summed E-state index contributed by atoms with van der Waals surface area (Å²) in [6.07, 6.45) is -1.49. The molecule has 0 aliphatic carbocycles. The molecule has 2 aliphatic heterocycles. The fourth-order valence-corrected chi connectivity index (χ4v) is 3.15. The van der Waals surface area contributed by atoms with E-state index < -0.39 is 35.7 Å². The summed E-state index contributed by atoms with van der Waals surface area (Å²) in [6, 6.07) is 5.78. The fourth-order valence-electron chi connectivity index (χ4n) is 3.15. The Morgan fingerprint density at radius 1 is 1.31 bits per heavy atom. The summed E-state index contributed by atoms with van der Waals surface area (Å²) in [4.78, 5) is 49.0. The van der Waals surface area contributed by atoms with Gasteiger partial charge in [-0.15, -0.1) is 0 Å². The van der Waals surface area contributed by atoms with E-state index in [9.17, 15) is 19.2 Å². The van der Waals surface area contributed by atoms with E-state index in [1.165, 1.54) is 11.0 Å². The summed E-state index contributed by atoms with van der Waals surface area (Å²) >= 11 is 0. The lowest BCUT2D eigenvalue weighted by atomic mass is 9.91. The number of nitrogens with one attached hydrogen (secondary N) is 2. The topological polar surface area (TPSA) is 125 Å². The van der Waals surface area contributed by atoms with Crippen molar-refractivity contribution < 1.29 is 29.0 Å². The van der Waals surface area contributed by atoms with Gasteiger partial charge in [0.2, 0.25) is 0 Å². The van der Waals surface area contributed by atoms with Crippen molar-refractivity contribution in [2.24, 2.45) is 0 Å². The number of carboxylic acids is 1. The van der Waals surface area contributed by atoms with Crippen molar-refractivity contribution in [2.45, 2.75) is 31.6 Å². The third-order valence-corrected chi connectivity index (χ3v) is 4.55. The number of carboxylic acid groups (broad SMARTS) is 1. The summed E-state index contributed by atoms with van der Waals surface area (Å²) in [5.41, 5.74) is -0.506. The Labute approximate surface area is 149 Å². The number of urea groups is 1. The number of morpholine rings is 1. The number of hydrogen-bond acceptors (Lipinski definition) is 5. The van der Waals surface area contributed by atoms with Crippen LogP contribution >= 0.6 is 0 Å². The van der Waals surface area contributed by atoms with Gasteiger partial charge in [0.05, 0.1) is 12.6 Å². The van der Waals surface area contributed by atoms with Crippen molar-refractivity contribution in [3.05, 3.63) is 35.4 Å². The van der Waals surface area contributed by atoms with Crippen LogP contribution in [0.5, 0.6) is 0 Å². The highest BCUT2D eigenvalue weighted by atomic mass is 16.5.